The van der Waals surface area contributed by atoms with Crippen molar-refractivity contribution in [3.05, 3.63) is 23.9 Å². The van der Waals surface area contributed by atoms with Crippen molar-refractivity contribution in [3.8, 4) is 0 Å². The third-order valence-corrected chi connectivity index (χ3v) is 5.96. The minimum Gasteiger partial charge on any atom is -0.368 e. The lowest BCUT2D eigenvalue weighted by Gasteiger charge is -2.20. The van der Waals surface area contributed by atoms with Gasteiger partial charge in [-0.15, -0.1) is 0 Å². The highest BCUT2D eigenvalue weighted by molar-refractivity contribution is 7.70. The fourth-order valence-corrected chi connectivity index (χ4v) is 3.52. The molecular weight excluding hydrogens is 282 g/mol. The van der Waals surface area contributed by atoms with Gasteiger partial charge in [0.25, 0.3) is 0 Å². The van der Waals surface area contributed by atoms with Crippen LogP contribution in [0, 0.1) is 6.92 Å². The SMILES string of the molecule is Cc1cccnc1NCC(P(=O)(O)O)P(=O)(O)O. The van der Waals surface area contributed by atoms with E-state index in [4.69, 9.17) is 19.6 Å². The second kappa shape index (κ2) is 5.48. The van der Waals surface area contributed by atoms with E-state index in [-0.39, 0.29) is 0 Å². The Balaban J connectivity index is 2.86. The van der Waals surface area contributed by atoms with Crippen molar-refractivity contribution in [3.63, 3.8) is 0 Å². The topological polar surface area (TPSA) is 140 Å². The number of anilines is 1. The number of hydrogen-bond donors (Lipinski definition) is 5. The molecule has 1 aromatic heterocycles. The first kappa shape index (κ1) is 15.3. The van der Waals surface area contributed by atoms with Crippen molar-refractivity contribution < 1.29 is 28.7 Å². The first-order valence-electron chi connectivity index (χ1n) is 4.88. The van der Waals surface area contributed by atoms with Gasteiger partial charge in [0.05, 0.1) is 0 Å². The lowest BCUT2D eigenvalue weighted by Crippen LogP contribution is -2.21. The summed E-state index contributed by atoms with van der Waals surface area (Å²) in [5, 5.41) is 0.453. The Labute approximate surface area is 103 Å². The molecular formula is C8H14N2O6P2. The van der Waals surface area contributed by atoms with E-state index in [0.717, 1.165) is 0 Å². The normalized spacial score (nSPS) is 12.8. The lowest BCUT2D eigenvalue weighted by molar-refractivity contribution is 0.340. The Morgan fingerprint density at radius 1 is 1.28 bits per heavy atom. The number of rotatable bonds is 5. The van der Waals surface area contributed by atoms with E-state index in [0.29, 0.717) is 11.4 Å². The third-order valence-electron chi connectivity index (χ3n) is 2.24. The summed E-state index contributed by atoms with van der Waals surface area (Å²) in [6, 6.07) is 3.38. The van der Waals surface area contributed by atoms with Crippen molar-refractivity contribution in [2.24, 2.45) is 0 Å². The van der Waals surface area contributed by atoms with Gasteiger partial charge in [-0.25, -0.2) is 4.98 Å². The fraction of sp³-hybridized carbons (Fsp3) is 0.375. The molecule has 0 aromatic carbocycles. The molecule has 0 amide bonds. The van der Waals surface area contributed by atoms with Gasteiger partial charge in [0, 0.05) is 12.7 Å². The van der Waals surface area contributed by atoms with Crippen LogP contribution in [0.25, 0.3) is 0 Å². The average molecular weight is 296 g/mol. The molecule has 0 saturated heterocycles. The number of hydrogen-bond acceptors (Lipinski definition) is 4. The van der Waals surface area contributed by atoms with Crippen LogP contribution >= 0.6 is 15.2 Å². The van der Waals surface area contributed by atoms with Gasteiger partial charge in [0.15, 0.2) is 5.40 Å². The minimum atomic E-state index is -4.90. The van der Waals surface area contributed by atoms with Crippen LogP contribution < -0.4 is 5.32 Å². The van der Waals surface area contributed by atoms with Crippen LogP contribution in [0.4, 0.5) is 5.82 Å². The molecule has 0 aliphatic carbocycles. The van der Waals surface area contributed by atoms with Gasteiger partial charge in [-0.1, -0.05) is 6.07 Å². The van der Waals surface area contributed by atoms with Crippen molar-refractivity contribution >= 4 is 21.0 Å². The van der Waals surface area contributed by atoms with Gasteiger partial charge in [0.2, 0.25) is 0 Å². The first-order valence-corrected chi connectivity index (χ1v) is 8.24. The summed E-state index contributed by atoms with van der Waals surface area (Å²) in [5.41, 5.74) is 0.702. The van der Waals surface area contributed by atoms with Gasteiger partial charge in [0.1, 0.15) is 5.82 Å². The maximum Gasteiger partial charge on any atom is 0.342 e. The Hall–Kier alpha value is -0.750. The zero-order valence-electron chi connectivity index (χ0n) is 9.46. The summed E-state index contributed by atoms with van der Waals surface area (Å²) < 4.78 is 22.1. The molecule has 0 bridgehead atoms. The molecule has 18 heavy (non-hydrogen) atoms. The molecule has 10 heteroatoms. The van der Waals surface area contributed by atoms with Crippen LogP contribution in [0.1, 0.15) is 5.56 Å². The van der Waals surface area contributed by atoms with E-state index < -0.39 is 27.1 Å². The van der Waals surface area contributed by atoms with Crippen LogP contribution in [0.15, 0.2) is 18.3 Å². The second-order valence-electron chi connectivity index (χ2n) is 3.71. The molecule has 1 rings (SSSR count). The number of aromatic nitrogens is 1. The van der Waals surface area contributed by atoms with E-state index in [2.05, 4.69) is 10.3 Å². The molecule has 0 fully saturated rings. The molecule has 1 heterocycles. The van der Waals surface area contributed by atoms with Crippen molar-refractivity contribution in [1.82, 2.24) is 4.98 Å². The largest absolute Gasteiger partial charge is 0.368 e. The zero-order chi connectivity index (χ0) is 14.0. The monoisotopic (exact) mass is 296 g/mol. The van der Waals surface area contributed by atoms with E-state index in [1.165, 1.54) is 6.20 Å². The third kappa shape index (κ3) is 4.17. The van der Waals surface area contributed by atoms with E-state index in [9.17, 15) is 9.13 Å². The predicted molar refractivity (Wildman–Crippen MR) is 65.3 cm³/mol. The molecule has 0 radical (unpaired) electrons. The number of nitrogens with zero attached hydrogens (tertiary/aromatic N) is 1. The van der Waals surface area contributed by atoms with Crippen LogP contribution in [-0.4, -0.2) is 36.5 Å². The molecule has 0 spiro atoms. The van der Waals surface area contributed by atoms with Crippen LogP contribution in [0.5, 0.6) is 0 Å². The maximum atomic E-state index is 11.0. The molecule has 8 nitrogen and oxygen atoms in total. The highest BCUT2D eigenvalue weighted by Crippen LogP contribution is 2.59. The molecule has 0 saturated carbocycles. The van der Waals surface area contributed by atoms with E-state index in [1.54, 1.807) is 19.1 Å². The smallest absolute Gasteiger partial charge is 0.342 e. The Bertz CT molecular complexity index is 488. The zero-order valence-corrected chi connectivity index (χ0v) is 11.3. The molecule has 0 aliphatic heterocycles. The molecule has 0 aliphatic rings. The summed E-state index contributed by atoms with van der Waals surface area (Å²) in [6.45, 7) is 1.14. The number of pyridine rings is 1. The second-order valence-corrected chi connectivity index (χ2v) is 7.72. The van der Waals surface area contributed by atoms with Crippen molar-refractivity contribution in [2.75, 3.05) is 11.9 Å². The quantitative estimate of drug-likeness (QED) is 0.494. The molecule has 0 unspecified atom stereocenters. The molecule has 0 atom stereocenters. The summed E-state index contributed by atoms with van der Waals surface area (Å²) in [7, 11) is -9.81. The lowest BCUT2D eigenvalue weighted by atomic mass is 10.3. The Morgan fingerprint density at radius 2 is 1.83 bits per heavy atom. The Morgan fingerprint density at radius 3 is 2.28 bits per heavy atom. The van der Waals surface area contributed by atoms with E-state index >= 15 is 0 Å². The van der Waals surface area contributed by atoms with Gasteiger partial charge in [-0.2, -0.15) is 0 Å². The van der Waals surface area contributed by atoms with Crippen molar-refractivity contribution in [2.45, 2.75) is 12.3 Å². The van der Waals surface area contributed by atoms with Gasteiger partial charge in [-0.3, -0.25) is 9.13 Å². The summed E-state index contributed by atoms with van der Waals surface area (Å²) in [4.78, 5) is 39.6. The van der Waals surface area contributed by atoms with Crippen LogP contribution in [0.2, 0.25) is 0 Å². The fourth-order valence-electron chi connectivity index (χ4n) is 1.29. The van der Waals surface area contributed by atoms with Gasteiger partial charge >= 0.3 is 15.2 Å². The highest BCUT2D eigenvalue weighted by atomic mass is 31.2. The standard InChI is InChI=1S/C8H14N2O6P2/c1-6-3-2-4-9-8(6)10-5-7(17(11,12)13)18(14,15)16/h2-4,7H,5H2,1H3,(H,9,10)(H2,11,12,13)(H2,14,15,16). The van der Waals surface area contributed by atoms with Crippen molar-refractivity contribution in [1.29, 1.82) is 0 Å². The van der Waals surface area contributed by atoms with E-state index in [1.807, 2.05) is 0 Å². The summed E-state index contributed by atoms with van der Waals surface area (Å²) in [6.07, 6.45) is 1.46. The van der Waals surface area contributed by atoms with Gasteiger partial charge in [-0.05, 0) is 18.6 Å². The molecule has 5 N–H and O–H groups in total. The summed E-state index contributed by atoms with van der Waals surface area (Å²) >= 11 is 0. The van der Waals surface area contributed by atoms with Crippen LogP contribution in [0.3, 0.4) is 0 Å². The number of aryl methyl sites for hydroxylation is 1. The minimum absolute atomic E-state index is 0.324. The molecule has 1 aromatic rings. The summed E-state index contributed by atoms with van der Waals surface area (Å²) in [5.74, 6) is 0.324. The average Bonchev–Trinajstić information content (AvgIpc) is 2.17. The highest BCUT2D eigenvalue weighted by Gasteiger charge is 2.43. The Kier molecular flexibility index (Phi) is 4.66. The predicted octanol–water partition coefficient (Wildman–Crippen LogP) is 0.483. The van der Waals surface area contributed by atoms with Crippen LogP contribution in [-0.2, 0) is 9.13 Å². The first-order chi connectivity index (χ1) is 8.12. The molecule has 102 valence electrons. The van der Waals surface area contributed by atoms with Gasteiger partial charge < -0.3 is 24.9 Å². The maximum absolute atomic E-state index is 11.0. The number of nitrogens with one attached hydrogen (secondary N) is 1.